The summed E-state index contributed by atoms with van der Waals surface area (Å²) in [6, 6.07) is 4.35. The Labute approximate surface area is 121 Å². The van der Waals surface area contributed by atoms with Crippen LogP contribution in [-0.4, -0.2) is 38.1 Å². The summed E-state index contributed by atoms with van der Waals surface area (Å²) >= 11 is 3.15. The molecule has 7 heteroatoms. The largest absolute Gasteiger partial charge is 0.399 e. The van der Waals surface area contributed by atoms with Gasteiger partial charge in [-0.05, 0) is 48.0 Å². The van der Waals surface area contributed by atoms with Crippen LogP contribution in [-0.2, 0) is 14.6 Å². The van der Waals surface area contributed by atoms with Gasteiger partial charge in [-0.25, -0.2) is 8.42 Å². The molecule has 0 aromatic heterocycles. The predicted octanol–water partition coefficient (Wildman–Crippen LogP) is 1.67. The minimum Gasteiger partial charge on any atom is -0.399 e. The van der Waals surface area contributed by atoms with Crippen LogP contribution in [0.3, 0.4) is 0 Å². The molecule has 0 aliphatic rings. The summed E-state index contributed by atoms with van der Waals surface area (Å²) in [6.07, 6.45) is 0. The van der Waals surface area contributed by atoms with Gasteiger partial charge in [-0.15, -0.1) is 0 Å². The number of nitrogen functional groups attached to an aromatic ring is 1. The number of halogens is 1. The molecule has 1 amide bonds. The first-order valence-corrected chi connectivity index (χ1v) is 8.13. The van der Waals surface area contributed by atoms with Crippen molar-refractivity contribution >= 4 is 37.4 Å². The zero-order chi connectivity index (χ0) is 14.8. The van der Waals surface area contributed by atoms with Crippen LogP contribution in [0.15, 0.2) is 27.6 Å². The van der Waals surface area contributed by atoms with Gasteiger partial charge in [0.1, 0.15) is 5.75 Å². The molecular formula is C12H17BrN2O3S. The number of hydrogen-bond acceptors (Lipinski definition) is 4. The van der Waals surface area contributed by atoms with Crippen LogP contribution in [0.2, 0.25) is 0 Å². The Bertz CT molecular complexity index is 585. The van der Waals surface area contributed by atoms with E-state index in [4.69, 9.17) is 5.73 Å². The van der Waals surface area contributed by atoms with Crippen molar-refractivity contribution in [3.05, 3.63) is 22.7 Å². The Balaban J connectivity index is 3.02. The number of nitrogens with zero attached hydrogens (tertiary/aromatic N) is 1. The third kappa shape index (κ3) is 3.94. The summed E-state index contributed by atoms with van der Waals surface area (Å²) in [4.78, 5) is 13.3. The molecule has 0 fully saturated rings. The number of rotatable bonds is 4. The van der Waals surface area contributed by atoms with Gasteiger partial charge in [0.05, 0.1) is 4.90 Å². The zero-order valence-corrected chi connectivity index (χ0v) is 13.5. The lowest BCUT2D eigenvalue weighted by Gasteiger charge is -2.21. The highest BCUT2D eigenvalue weighted by molar-refractivity contribution is 9.10. The molecule has 0 saturated heterocycles. The second kappa shape index (κ2) is 5.92. The van der Waals surface area contributed by atoms with E-state index in [0.29, 0.717) is 10.2 Å². The maximum absolute atomic E-state index is 12.2. The van der Waals surface area contributed by atoms with E-state index in [1.54, 1.807) is 7.05 Å². The molecule has 5 nitrogen and oxygen atoms in total. The third-order valence-corrected chi connectivity index (χ3v) is 5.34. The number of sulfone groups is 1. The van der Waals surface area contributed by atoms with Gasteiger partial charge in [0.2, 0.25) is 5.91 Å². The molecule has 19 heavy (non-hydrogen) atoms. The second-order valence-corrected chi connectivity index (χ2v) is 7.36. The van der Waals surface area contributed by atoms with Crippen molar-refractivity contribution in [2.24, 2.45) is 0 Å². The smallest absolute Gasteiger partial charge is 0.238 e. The number of anilines is 1. The quantitative estimate of drug-likeness (QED) is 0.839. The van der Waals surface area contributed by atoms with E-state index in [9.17, 15) is 13.2 Å². The van der Waals surface area contributed by atoms with Gasteiger partial charge < -0.3 is 10.6 Å². The number of nitrogens with two attached hydrogens (primary N) is 1. The lowest BCUT2D eigenvalue weighted by atomic mass is 10.3. The third-order valence-electron chi connectivity index (χ3n) is 2.77. The molecule has 0 aliphatic heterocycles. The van der Waals surface area contributed by atoms with Gasteiger partial charge in [-0.2, -0.15) is 0 Å². The Kier molecular flexibility index (Phi) is 4.98. The van der Waals surface area contributed by atoms with Crippen LogP contribution in [0.4, 0.5) is 5.69 Å². The van der Waals surface area contributed by atoms with Crippen molar-refractivity contribution < 1.29 is 13.2 Å². The highest BCUT2D eigenvalue weighted by Gasteiger charge is 2.24. The summed E-state index contributed by atoms with van der Waals surface area (Å²) in [7, 11) is -2.10. The van der Waals surface area contributed by atoms with Crippen molar-refractivity contribution in [3.63, 3.8) is 0 Å². The Morgan fingerprint density at radius 1 is 1.42 bits per heavy atom. The van der Waals surface area contributed by atoms with Crippen molar-refractivity contribution in [3.8, 4) is 0 Å². The minimum absolute atomic E-state index is 0.0439. The number of hydrogen-bond donors (Lipinski definition) is 1. The average Bonchev–Trinajstić information content (AvgIpc) is 2.26. The van der Waals surface area contributed by atoms with Gasteiger partial charge in [-0.3, -0.25) is 4.79 Å². The topological polar surface area (TPSA) is 80.5 Å². The fourth-order valence-corrected chi connectivity index (χ4v) is 3.85. The van der Waals surface area contributed by atoms with Gasteiger partial charge in [0.15, 0.2) is 9.84 Å². The molecule has 0 atom stereocenters. The fraction of sp³-hybridized carbons (Fsp3) is 0.417. The molecule has 0 bridgehead atoms. The second-order valence-electron chi connectivity index (χ2n) is 4.55. The molecule has 0 heterocycles. The summed E-state index contributed by atoms with van der Waals surface area (Å²) < 4.78 is 24.7. The van der Waals surface area contributed by atoms with Crippen molar-refractivity contribution in [1.82, 2.24) is 4.90 Å². The lowest BCUT2D eigenvalue weighted by molar-refractivity contribution is -0.128. The van der Waals surface area contributed by atoms with E-state index in [1.807, 2.05) is 13.8 Å². The van der Waals surface area contributed by atoms with E-state index in [-0.39, 0.29) is 10.9 Å². The van der Waals surface area contributed by atoms with Crippen LogP contribution < -0.4 is 5.73 Å². The lowest BCUT2D eigenvalue weighted by Crippen LogP contribution is -2.37. The van der Waals surface area contributed by atoms with Crippen molar-refractivity contribution in [2.75, 3.05) is 18.5 Å². The maximum Gasteiger partial charge on any atom is 0.238 e. The fourth-order valence-electron chi connectivity index (χ4n) is 1.40. The van der Waals surface area contributed by atoms with Crippen LogP contribution in [0.1, 0.15) is 13.8 Å². The molecule has 0 radical (unpaired) electrons. The molecule has 0 unspecified atom stereocenters. The summed E-state index contributed by atoms with van der Waals surface area (Å²) in [6.45, 7) is 3.65. The SMILES string of the molecule is CC(C)N(C)C(=O)CS(=O)(=O)c1ccc(N)cc1Br. The predicted molar refractivity (Wildman–Crippen MR) is 78.5 cm³/mol. The van der Waals surface area contributed by atoms with Crippen molar-refractivity contribution in [2.45, 2.75) is 24.8 Å². The summed E-state index contributed by atoms with van der Waals surface area (Å²) in [5.74, 6) is -0.983. The molecule has 2 N–H and O–H groups in total. The first kappa shape index (κ1) is 16.0. The molecule has 1 aromatic rings. The zero-order valence-electron chi connectivity index (χ0n) is 11.1. The van der Waals surface area contributed by atoms with E-state index < -0.39 is 21.5 Å². The standard InChI is InChI=1S/C12H17BrN2O3S/c1-8(2)15(3)12(16)7-19(17,18)11-5-4-9(14)6-10(11)13/h4-6,8H,7,14H2,1-3H3. The Morgan fingerprint density at radius 3 is 2.47 bits per heavy atom. The number of benzene rings is 1. The minimum atomic E-state index is -3.68. The molecule has 0 aliphatic carbocycles. The molecular weight excluding hydrogens is 332 g/mol. The summed E-state index contributed by atoms with van der Waals surface area (Å²) in [5.41, 5.74) is 6.02. The molecule has 1 rings (SSSR count). The monoisotopic (exact) mass is 348 g/mol. The summed E-state index contributed by atoms with van der Waals surface area (Å²) in [5, 5.41) is 0. The average molecular weight is 349 g/mol. The highest BCUT2D eigenvalue weighted by Crippen LogP contribution is 2.25. The highest BCUT2D eigenvalue weighted by atomic mass is 79.9. The maximum atomic E-state index is 12.2. The number of carbonyl (C=O) groups is 1. The van der Waals surface area contributed by atoms with Gasteiger partial charge >= 0.3 is 0 Å². The normalized spacial score (nSPS) is 11.6. The Hall–Kier alpha value is -1.08. The Morgan fingerprint density at radius 2 is 2.00 bits per heavy atom. The van der Waals surface area contributed by atoms with Crippen LogP contribution in [0.25, 0.3) is 0 Å². The van der Waals surface area contributed by atoms with Crippen LogP contribution in [0, 0.1) is 0 Å². The number of amides is 1. The van der Waals surface area contributed by atoms with Crippen molar-refractivity contribution in [1.29, 1.82) is 0 Å². The van der Waals surface area contributed by atoms with Gasteiger partial charge in [-0.1, -0.05) is 0 Å². The van der Waals surface area contributed by atoms with E-state index in [1.165, 1.54) is 23.1 Å². The first-order chi connectivity index (χ1) is 8.65. The van der Waals surface area contributed by atoms with Gasteiger partial charge in [0.25, 0.3) is 0 Å². The van der Waals surface area contributed by atoms with E-state index in [0.717, 1.165) is 0 Å². The first-order valence-electron chi connectivity index (χ1n) is 5.68. The number of carbonyl (C=O) groups excluding carboxylic acids is 1. The molecule has 0 saturated carbocycles. The molecule has 0 spiro atoms. The van der Waals surface area contributed by atoms with Crippen LogP contribution >= 0.6 is 15.9 Å². The van der Waals surface area contributed by atoms with E-state index in [2.05, 4.69) is 15.9 Å². The molecule has 106 valence electrons. The van der Waals surface area contributed by atoms with Crippen LogP contribution in [0.5, 0.6) is 0 Å². The van der Waals surface area contributed by atoms with Gasteiger partial charge in [0, 0.05) is 23.2 Å². The van der Waals surface area contributed by atoms with E-state index >= 15 is 0 Å². The molecule has 1 aromatic carbocycles.